The summed E-state index contributed by atoms with van der Waals surface area (Å²) < 4.78 is 16.7. The highest BCUT2D eigenvalue weighted by Crippen LogP contribution is 2.10. The number of esters is 3. The van der Waals surface area contributed by atoms with Gasteiger partial charge in [-0.3, -0.25) is 14.4 Å². The maximum Gasteiger partial charge on any atom is 0.306 e. The predicted molar refractivity (Wildman–Crippen MR) is 324 cm³/mol. The van der Waals surface area contributed by atoms with Gasteiger partial charge in [-0.2, -0.15) is 0 Å². The van der Waals surface area contributed by atoms with Gasteiger partial charge >= 0.3 is 17.9 Å². The van der Waals surface area contributed by atoms with Crippen LogP contribution in [0.2, 0.25) is 0 Å². The van der Waals surface area contributed by atoms with E-state index >= 15 is 0 Å². The van der Waals surface area contributed by atoms with Crippen molar-refractivity contribution in [3.05, 3.63) is 182 Å². The lowest BCUT2D eigenvalue weighted by Crippen LogP contribution is -2.30. The fourth-order valence-electron chi connectivity index (χ4n) is 7.06. The zero-order valence-corrected chi connectivity index (χ0v) is 47.5. The van der Waals surface area contributed by atoms with Crippen LogP contribution in [0.25, 0.3) is 0 Å². The summed E-state index contributed by atoms with van der Waals surface area (Å²) in [4.78, 5) is 38.2. The Labute approximate surface area is 459 Å². The molecule has 6 nitrogen and oxygen atoms in total. The number of allylic oxidation sites excluding steroid dienone is 30. The molecule has 0 saturated heterocycles. The van der Waals surface area contributed by atoms with Gasteiger partial charge in [0.2, 0.25) is 0 Å². The van der Waals surface area contributed by atoms with Crippen molar-refractivity contribution in [2.24, 2.45) is 0 Å². The number of hydrogen-bond donors (Lipinski definition) is 0. The minimum atomic E-state index is -0.858. The number of carbonyl (C=O) groups excluding carboxylic acids is 3. The van der Waals surface area contributed by atoms with Gasteiger partial charge in [-0.15, -0.1) is 0 Å². The summed E-state index contributed by atoms with van der Waals surface area (Å²) in [7, 11) is 0. The summed E-state index contributed by atoms with van der Waals surface area (Å²) in [6, 6.07) is 0. The molecule has 416 valence electrons. The van der Waals surface area contributed by atoms with Gasteiger partial charge in [0.15, 0.2) is 6.10 Å². The molecule has 6 heteroatoms. The lowest BCUT2D eigenvalue weighted by molar-refractivity contribution is -0.166. The molecule has 0 atom stereocenters. The highest BCUT2D eigenvalue weighted by Gasteiger charge is 2.19. The summed E-state index contributed by atoms with van der Waals surface area (Å²) in [5, 5.41) is 0. The van der Waals surface area contributed by atoms with Crippen molar-refractivity contribution in [2.45, 2.75) is 219 Å². The van der Waals surface area contributed by atoms with Crippen molar-refractivity contribution < 1.29 is 28.6 Å². The molecule has 0 bridgehead atoms. The molecule has 0 aromatic heterocycles. The minimum Gasteiger partial charge on any atom is -0.462 e. The van der Waals surface area contributed by atoms with Gasteiger partial charge in [0, 0.05) is 19.3 Å². The number of hydrogen-bond acceptors (Lipinski definition) is 6. The maximum atomic E-state index is 12.8. The Morgan fingerprint density at radius 3 is 0.840 bits per heavy atom. The SMILES string of the molecule is CC/C=C\C/C=C\C/C=C\C/C=C\C/C=C\CCCCCC(=O)OCC(COC(=O)CCCCC/C=C\C/C=C\C/C=C\C/C=C\C/C=C\CC)OC(=O)CC/C=C\C/C=C\C/C=C\C/C=C\C/C=C\CCCCC. The van der Waals surface area contributed by atoms with Crippen molar-refractivity contribution in [3.63, 3.8) is 0 Å². The molecular formula is C69H104O6. The van der Waals surface area contributed by atoms with E-state index in [4.69, 9.17) is 14.2 Å². The number of rotatable bonds is 50. The molecule has 0 aliphatic rings. The molecule has 0 fully saturated rings. The van der Waals surface area contributed by atoms with Crippen LogP contribution in [0.4, 0.5) is 0 Å². The molecule has 0 rings (SSSR count). The molecule has 0 aromatic carbocycles. The minimum absolute atomic E-state index is 0.146. The van der Waals surface area contributed by atoms with Crippen LogP contribution in [0.15, 0.2) is 182 Å². The Kier molecular flexibility index (Phi) is 56.6. The van der Waals surface area contributed by atoms with Crippen molar-refractivity contribution in [1.29, 1.82) is 0 Å². The maximum absolute atomic E-state index is 12.8. The third kappa shape index (κ3) is 59.3. The highest BCUT2D eigenvalue weighted by atomic mass is 16.6. The van der Waals surface area contributed by atoms with Crippen LogP contribution in [0.3, 0.4) is 0 Å². The van der Waals surface area contributed by atoms with E-state index in [1.54, 1.807) is 0 Å². The molecule has 0 aromatic rings. The lowest BCUT2D eigenvalue weighted by atomic mass is 10.1. The van der Waals surface area contributed by atoms with Gasteiger partial charge in [0.1, 0.15) is 13.2 Å². The summed E-state index contributed by atoms with van der Waals surface area (Å²) in [5.74, 6) is -1.10. The van der Waals surface area contributed by atoms with Gasteiger partial charge in [-0.25, -0.2) is 0 Å². The molecule has 0 unspecified atom stereocenters. The first-order chi connectivity index (χ1) is 37.0. The number of unbranched alkanes of at least 4 members (excludes halogenated alkanes) is 9. The third-order valence-corrected chi connectivity index (χ3v) is 11.4. The van der Waals surface area contributed by atoms with Crippen LogP contribution < -0.4 is 0 Å². The van der Waals surface area contributed by atoms with Gasteiger partial charge in [0.25, 0.3) is 0 Å². The third-order valence-electron chi connectivity index (χ3n) is 11.4. The van der Waals surface area contributed by atoms with Crippen LogP contribution >= 0.6 is 0 Å². The summed E-state index contributed by atoms with van der Waals surface area (Å²) >= 11 is 0. The second-order valence-corrected chi connectivity index (χ2v) is 18.4. The summed E-state index contributed by atoms with van der Waals surface area (Å²) in [6.45, 7) is 6.24. The molecule has 0 spiro atoms. The molecule has 75 heavy (non-hydrogen) atoms. The average Bonchev–Trinajstić information content (AvgIpc) is 3.41. The zero-order valence-electron chi connectivity index (χ0n) is 47.5. The normalized spacial score (nSPS) is 13.1. The van der Waals surface area contributed by atoms with E-state index in [9.17, 15) is 14.4 Å². The van der Waals surface area contributed by atoms with Crippen LogP contribution in [-0.2, 0) is 28.6 Å². The van der Waals surface area contributed by atoms with Crippen molar-refractivity contribution in [2.75, 3.05) is 13.2 Å². The van der Waals surface area contributed by atoms with Crippen molar-refractivity contribution in [3.8, 4) is 0 Å². The van der Waals surface area contributed by atoms with Crippen LogP contribution in [0, 0.1) is 0 Å². The van der Waals surface area contributed by atoms with E-state index in [1.165, 1.54) is 25.7 Å². The smallest absolute Gasteiger partial charge is 0.306 e. The molecule has 0 aliphatic carbocycles. The molecule has 0 radical (unpaired) electrons. The Bertz CT molecular complexity index is 1710. The zero-order chi connectivity index (χ0) is 54.3. The molecule has 0 aliphatic heterocycles. The Morgan fingerprint density at radius 1 is 0.280 bits per heavy atom. The van der Waals surface area contributed by atoms with E-state index in [0.29, 0.717) is 6.42 Å². The van der Waals surface area contributed by atoms with E-state index in [1.807, 2.05) is 12.2 Å². The Hall–Kier alpha value is -5.49. The predicted octanol–water partition coefficient (Wildman–Crippen LogP) is 20.1. The van der Waals surface area contributed by atoms with E-state index in [0.717, 1.165) is 141 Å². The fraction of sp³-hybridized carbons (Fsp3) is 0.522. The largest absolute Gasteiger partial charge is 0.462 e. The van der Waals surface area contributed by atoms with E-state index < -0.39 is 12.1 Å². The van der Waals surface area contributed by atoms with Crippen LogP contribution in [0.5, 0.6) is 0 Å². The average molecular weight is 1030 g/mol. The van der Waals surface area contributed by atoms with Gasteiger partial charge in [-0.05, 0) is 148 Å². The number of ether oxygens (including phenoxy) is 3. The molecule has 0 saturated carbocycles. The monoisotopic (exact) mass is 1030 g/mol. The van der Waals surface area contributed by atoms with E-state index in [2.05, 4.69) is 191 Å². The van der Waals surface area contributed by atoms with Gasteiger partial charge in [0.05, 0.1) is 0 Å². The molecule has 0 amide bonds. The first-order valence-electron chi connectivity index (χ1n) is 29.3. The van der Waals surface area contributed by atoms with Crippen LogP contribution in [0.1, 0.15) is 213 Å². The van der Waals surface area contributed by atoms with Crippen molar-refractivity contribution in [1.82, 2.24) is 0 Å². The molecule has 0 heterocycles. The second-order valence-electron chi connectivity index (χ2n) is 18.4. The highest BCUT2D eigenvalue weighted by molar-refractivity contribution is 5.71. The Balaban J connectivity index is 4.67. The summed E-state index contributed by atoms with van der Waals surface area (Å²) in [6.07, 6.45) is 91.8. The Morgan fingerprint density at radius 2 is 0.547 bits per heavy atom. The quantitative estimate of drug-likeness (QED) is 0.0261. The van der Waals surface area contributed by atoms with Gasteiger partial charge in [-0.1, -0.05) is 229 Å². The summed E-state index contributed by atoms with van der Waals surface area (Å²) in [5.41, 5.74) is 0. The topological polar surface area (TPSA) is 78.9 Å². The first-order valence-corrected chi connectivity index (χ1v) is 29.3. The first kappa shape index (κ1) is 69.5. The van der Waals surface area contributed by atoms with E-state index in [-0.39, 0.29) is 44.4 Å². The fourth-order valence-corrected chi connectivity index (χ4v) is 7.06. The lowest BCUT2D eigenvalue weighted by Gasteiger charge is -2.18. The van der Waals surface area contributed by atoms with Crippen LogP contribution in [-0.4, -0.2) is 37.2 Å². The molecule has 0 N–H and O–H groups in total. The second kappa shape index (κ2) is 61.1. The number of carbonyl (C=O) groups is 3. The van der Waals surface area contributed by atoms with Gasteiger partial charge < -0.3 is 14.2 Å². The van der Waals surface area contributed by atoms with Crippen molar-refractivity contribution >= 4 is 17.9 Å². The standard InChI is InChI=1S/C69H104O6/c1-4-7-10-13-16-19-22-25-28-31-34-37-40-43-46-49-52-55-58-61-67(70)73-64-66(75-69(72)63-60-57-54-51-48-45-42-39-36-33-30-27-24-21-18-15-12-9-6-3)65-74-68(71)62-59-56-53-50-47-44-41-38-35-32-29-26-23-20-17-14-11-8-5-2/h7-8,10-11,16-21,25-30,34-39,43-48,54,57,66H,4-6,9,12-15,22-24,31-33,40-42,49-53,55-56,58-65H2,1-3H3/b10-7-,11-8-,19-16-,20-17-,21-18-,28-25-,29-26-,30-27-,37-34-,38-35-,39-36-,46-43-,47-44-,48-45-,57-54-. The molecular weight excluding hydrogens is 925 g/mol.